The lowest BCUT2D eigenvalue weighted by Gasteiger charge is -2.21. The number of carbonyl (C=O) groups is 2. The van der Waals surface area contributed by atoms with Crippen LogP contribution in [-0.4, -0.2) is 28.9 Å². The van der Waals surface area contributed by atoms with Crippen LogP contribution in [0, 0.1) is 0 Å². The van der Waals surface area contributed by atoms with Gasteiger partial charge in [-0.1, -0.05) is 0 Å². The van der Waals surface area contributed by atoms with E-state index >= 15 is 0 Å². The summed E-state index contributed by atoms with van der Waals surface area (Å²) in [5.41, 5.74) is -2.49. The van der Waals surface area contributed by atoms with Crippen molar-refractivity contribution in [3.05, 3.63) is 23.8 Å². The molecule has 2 amide bonds. The largest absolute Gasteiger partial charge is 0.480 e. The van der Waals surface area contributed by atoms with Gasteiger partial charge in [-0.25, -0.2) is 9.59 Å². The van der Waals surface area contributed by atoms with Crippen molar-refractivity contribution >= 4 is 29.4 Å². The minimum Gasteiger partial charge on any atom is -0.480 e. The Kier molecular flexibility index (Phi) is 5.34. The van der Waals surface area contributed by atoms with Crippen LogP contribution in [0.4, 0.5) is 23.7 Å². The van der Waals surface area contributed by atoms with Crippen LogP contribution in [0.3, 0.4) is 0 Å². The fourth-order valence-electron chi connectivity index (χ4n) is 1.51. The van der Waals surface area contributed by atoms with Crippen LogP contribution >= 0.6 is 11.8 Å². The second-order valence-corrected chi connectivity index (χ2v) is 5.77. The van der Waals surface area contributed by atoms with Crippen molar-refractivity contribution in [2.75, 3.05) is 11.6 Å². The van der Waals surface area contributed by atoms with Gasteiger partial charge in [0.15, 0.2) is 0 Å². The maximum absolute atomic E-state index is 12.9. The Morgan fingerprint density at radius 1 is 1.23 bits per heavy atom. The summed E-state index contributed by atoms with van der Waals surface area (Å²) in [6, 6.07) is 2.46. The molecule has 5 nitrogen and oxygen atoms in total. The Morgan fingerprint density at radius 3 is 2.27 bits per heavy atom. The van der Waals surface area contributed by atoms with Gasteiger partial charge < -0.3 is 15.7 Å². The highest BCUT2D eigenvalue weighted by atomic mass is 32.2. The first-order valence-electron chi connectivity index (χ1n) is 6.05. The summed E-state index contributed by atoms with van der Waals surface area (Å²) in [5.74, 6) is -1.27. The molecule has 0 bridgehead atoms. The highest BCUT2D eigenvalue weighted by Crippen LogP contribution is 2.37. The van der Waals surface area contributed by atoms with E-state index in [0.29, 0.717) is 0 Å². The van der Waals surface area contributed by atoms with E-state index in [1.807, 2.05) is 0 Å². The number of nitrogens with one attached hydrogen (secondary N) is 2. The van der Waals surface area contributed by atoms with E-state index in [9.17, 15) is 22.8 Å². The van der Waals surface area contributed by atoms with Crippen LogP contribution in [0.5, 0.6) is 0 Å². The fourth-order valence-corrected chi connectivity index (χ4v) is 2.11. The first-order chi connectivity index (χ1) is 9.97. The molecule has 0 aliphatic heterocycles. The van der Waals surface area contributed by atoms with Gasteiger partial charge in [0, 0.05) is 10.6 Å². The summed E-state index contributed by atoms with van der Waals surface area (Å²) < 4.78 is 38.7. The molecule has 0 aliphatic rings. The second kappa shape index (κ2) is 6.47. The van der Waals surface area contributed by atoms with Gasteiger partial charge in [-0.2, -0.15) is 13.2 Å². The molecule has 0 spiro atoms. The van der Waals surface area contributed by atoms with Crippen molar-refractivity contribution in [1.82, 2.24) is 5.32 Å². The molecule has 122 valence electrons. The number of hydrogen-bond acceptors (Lipinski definition) is 3. The smallest absolute Gasteiger partial charge is 0.417 e. The quantitative estimate of drug-likeness (QED) is 0.736. The molecule has 0 unspecified atom stereocenters. The van der Waals surface area contributed by atoms with E-state index in [4.69, 9.17) is 5.11 Å². The highest BCUT2D eigenvalue weighted by molar-refractivity contribution is 7.98. The number of thioether (sulfide) groups is 1. The summed E-state index contributed by atoms with van der Waals surface area (Å²) >= 11 is 0.938. The Labute approximate surface area is 129 Å². The molecule has 0 atom stereocenters. The zero-order valence-electron chi connectivity index (χ0n) is 12.0. The lowest BCUT2D eigenvalue weighted by molar-refractivity contribution is -0.143. The van der Waals surface area contributed by atoms with Crippen molar-refractivity contribution in [3.8, 4) is 0 Å². The summed E-state index contributed by atoms with van der Waals surface area (Å²) in [5, 5.41) is 13.2. The first-order valence-corrected chi connectivity index (χ1v) is 7.27. The molecule has 1 aromatic rings. The maximum atomic E-state index is 12.9. The number of alkyl halides is 3. The highest BCUT2D eigenvalue weighted by Gasteiger charge is 2.34. The normalized spacial score (nSPS) is 11.9. The maximum Gasteiger partial charge on any atom is 0.417 e. The fraction of sp³-hybridized carbons (Fsp3) is 0.385. The molecule has 0 fully saturated rings. The van der Waals surface area contributed by atoms with Gasteiger partial charge in [-0.3, -0.25) is 0 Å². The second-order valence-electron chi connectivity index (χ2n) is 4.92. The SMILES string of the molecule is CSc1ccc(NC(=O)NC(C)(C)C(=O)O)cc1C(F)(F)F. The predicted octanol–water partition coefficient (Wildman–Crippen LogP) is 3.41. The predicted molar refractivity (Wildman–Crippen MR) is 77.1 cm³/mol. The van der Waals surface area contributed by atoms with Crippen molar-refractivity contribution < 1.29 is 27.9 Å². The Bertz CT molecular complexity index is 588. The van der Waals surface area contributed by atoms with Crippen LogP contribution < -0.4 is 10.6 Å². The number of hydrogen-bond donors (Lipinski definition) is 3. The molecule has 0 aliphatic carbocycles. The molecule has 0 heterocycles. The van der Waals surface area contributed by atoms with Gasteiger partial charge in [0.05, 0.1) is 5.56 Å². The Hall–Kier alpha value is -1.90. The van der Waals surface area contributed by atoms with E-state index in [2.05, 4.69) is 10.6 Å². The van der Waals surface area contributed by atoms with Gasteiger partial charge in [0.1, 0.15) is 5.54 Å². The van der Waals surface area contributed by atoms with Crippen molar-refractivity contribution in [2.45, 2.75) is 30.5 Å². The van der Waals surface area contributed by atoms with E-state index in [-0.39, 0.29) is 10.6 Å². The molecule has 1 rings (SSSR count). The number of carboxylic acid groups (broad SMARTS) is 1. The van der Waals surface area contributed by atoms with Gasteiger partial charge in [-0.15, -0.1) is 11.8 Å². The molecule has 1 aromatic carbocycles. The zero-order valence-corrected chi connectivity index (χ0v) is 12.9. The summed E-state index contributed by atoms with van der Waals surface area (Å²) in [7, 11) is 0. The number of urea groups is 1. The lowest BCUT2D eigenvalue weighted by atomic mass is 10.1. The summed E-state index contributed by atoms with van der Waals surface area (Å²) in [6.07, 6.45) is -3.04. The number of rotatable bonds is 4. The van der Waals surface area contributed by atoms with Crippen LogP contribution in [0.2, 0.25) is 0 Å². The summed E-state index contributed by atoms with van der Waals surface area (Å²) in [4.78, 5) is 22.6. The minimum atomic E-state index is -4.55. The minimum absolute atomic E-state index is 0.0318. The molecule has 0 saturated heterocycles. The van der Waals surface area contributed by atoms with Crippen LogP contribution in [-0.2, 0) is 11.0 Å². The number of halogens is 3. The Morgan fingerprint density at radius 2 is 1.82 bits per heavy atom. The number of anilines is 1. The lowest BCUT2D eigenvalue weighted by Crippen LogP contribution is -2.51. The molecule has 0 radical (unpaired) electrons. The number of aliphatic carboxylic acids is 1. The Balaban J connectivity index is 2.96. The average molecular weight is 336 g/mol. The number of carbonyl (C=O) groups excluding carboxylic acids is 1. The van der Waals surface area contributed by atoms with Crippen LogP contribution in [0.1, 0.15) is 19.4 Å². The zero-order chi connectivity index (χ0) is 17.1. The average Bonchev–Trinajstić information content (AvgIpc) is 2.36. The van der Waals surface area contributed by atoms with Gasteiger partial charge in [0.2, 0.25) is 0 Å². The van der Waals surface area contributed by atoms with Gasteiger partial charge in [-0.05, 0) is 38.3 Å². The molecular formula is C13H15F3N2O3S. The number of amides is 2. The van der Waals surface area contributed by atoms with Crippen LogP contribution in [0.25, 0.3) is 0 Å². The van der Waals surface area contributed by atoms with E-state index in [1.54, 1.807) is 0 Å². The van der Waals surface area contributed by atoms with E-state index in [0.717, 1.165) is 17.8 Å². The molecule has 3 N–H and O–H groups in total. The van der Waals surface area contributed by atoms with Gasteiger partial charge in [0.25, 0.3) is 0 Å². The van der Waals surface area contributed by atoms with Crippen molar-refractivity contribution in [3.63, 3.8) is 0 Å². The monoisotopic (exact) mass is 336 g/mol. The van der Waals surface area contributed by atoms with E-state index in [1.165, 1.54) is 32.2 Å². The third-order valence-electron chi connectivity index (χ3n) is 2.72. The summed E-state index contributed by atoms with van der Waals surface area (Å²) in [6.45, 7) is 2.51. The molecule has 9 heteroatoms. The number of benzene rings is 1. The van der Waals surface area contributed by atoms with Crippen molar-refractivity contribution in [2.24, 2.45) is 0 Å². The first kappa shape index (κ1) is 18.1. The number of carboxylic acids is 1. The van der Waals surface area contributed by atoms with Crippen molar-refractivity contribution in [1.29, 1.82) is 0 Å². The molecule has 0 aromatic heterocycles. The molecule has 22 heavy (non-hydrogen) atoms. The topological polar surface area (TPSA) is 78.4 Å². The third kappa shape index (κ3) is 4.55. The standard InChI is InChI=1S/C13H15F3N2O3S/c1-12(2,10(19)20)18-11(21)17-7-4-5-9(22-3)8(6-7)13(14,15)16/h4-6H,1-3H3,(H,19,20)(H2,17,18,21). The molecular weight excluding hydrogens is 321 g/mol. The van der Waals surface area contributed by atoms with Crippen LogP contribution in [0.15, 0.2) is 23.1 Å². The van der Waals surface area contributed by atoms with E-state index < -0.39 is 29.3 Å². The molecule has 0 saturated carbocycles. The van der Waals surface area contributed by atoms with Gasteiger partial charge >= 0.3 is 18.2 Å². The third-order valence-corrected chi connectivity index (χ3v) is 3.52.